The number of hydrogen-bond acceptors (Lipinski definition) is 3. The van der Waals surface area contributed by atoms with Gasteiger partial charge in [0.25, 0.3) is 0 Å². The summed E-state index contributed by atoms with van der Waals surface area (Å²) in [5.74, 6) is -0.191. The fourth-order valence-electron chi connectivity index (χ4n) is 2.41. The van der Waals surface area contributed by atoms with Crippen LogP contribution in [0.3, 0.4) is 0 Å². The standard InChI is InChI=1S/C12H17BrN2O2/c1-2-15-10(9(13)8-14-15)11(16)12(17)6-4-3-5-7-12/h8,17H,2-7H2,1H3. The Morgan fingerprint density at radius 1 is 1.53 bits per heavy atom. The van der Waals surface area contributed by atoms with Crippen molar-refractivity contribution < 1.29 is 9.90 Å². The second kappa shape index (κ2) is 4.90. The van der Waals surface area contributed by atoms with E-state index in [0.717, 1.165) is 19.3 Å². The Labute approximate surface area is 109 Å². The Bertz CT molecular complexity index is 422. The van der Waals surface area contributed by atoms with Crippen molar-refractivity contribution in [2.75, 3.05) is 0 Å². The van der Waals surface area contributed by atoms with Crippen LogP contribution in [-0.2, 0) is 6.54 Å². The molecule has 0 bridgehead atoms. The van der Waals surface area contributed by atoms with E-state index >= 15 is 0 Å². The van der Waals surface area contributed by atoms with E-state index in [-0.39, 0.29) is 5.78 Å². The van der Waals surface area contributed by atoms with Gasteiger partial charge in [-0.3, -0.25) is 9.48 Å². The van der Waals surface area contributed by atoms with Crippen LogP contribution in [0.5, 0.6) is 0 Å². The molecular formula is C12H17BrN2O2. The van der Waals surface area contributed by atoms with E-state index < -0.39 is 5.60 Å². The molecule has 1 heterocycles. The second-order valence-electron chi connectivity index (χ2n) is 4.58. The number of carbonyl (C=O) groups excluding carboxylic acids is 1. The Morgan fingerprint density at radius 3 is 2.76 bits per heavy atom. The summed E-state index contributed by atoms with van der Waals surface area (Å²) in [5.41, 5.74) is -0.690. The predicted molar refractivity (Wildman–Crippen MR) is 68.0 cm³/mol. The summed E-state index contributed by atoms with van der Waals surface area (Å²) >= 11 is 3.33. The third-order valence-electron chi connectivity index (χ3n) is 3.41. The smallest absolute Gasteiger partial charge is 0.213 e. The molecule has 94 valence electrons. The Hall–Kier alpha value is -0.680. The van der Waals surface area contributed by atoms with Gasteiger partial charge in [0, 0.05) is 6.54 Å². The second-order valence-corrected chi connectivity index (χ2v) is 5.43. The molecule has 4 nitrogen and oxygen atoms in total. The summed E-state index contributed by atoms with van der Waals surface area (Å²) in [6.07, 6.45) is 5.67. The largest absolute Gasteiger partial charge is 0.382 e. The van der Waals surface area contributed by atoms with Gasteiger partial charge < -0.3 is 5.11 Å². The van der Waals surface area contributed by atoms with Crippen LogP contribution in [0.15, 0.2) is 10.7 Å². The molecular weight excluding hydrogens is 284 g/mol. The molecule has 1 fully saturated rings. The number of carbonyl (C=O) groups is 1. The normalized spacial score (nSPS) is 19.2. The Balaban J connectivity index is 2.32. The highest BCUT2D eigenvalue weighted by Gasteiger charge is 2.39. The predicted octanol–water partition coefficient (Wildman–Crippen LogP) is 2.54. The summed E-state index contributed by atoms with van der Waals surface area (Å²) in [4.78, 5) is 12.4. The van der Waals surface area contributed by atoms with Gasteiger partial charge in [-0.05, 0) is 35.7 Å². The monoisotopic (exact) mass is 300 g/mol. The highest BCUT2D eigenvalue weighted by Crippen LogP contribution is 2.33. The topological polar surface area (TPSA) is 55.1 Å². The van der Waals surface area contributed by atoms with Gasteiger partial charge in [-0.15, -0.1) is 0 Å². The van der Waals surface area contributed by atoms with Crippen LogP contribution in [-0.4, -0.2) is 26.3 Å². The molecule has 1 aliphatic carbocycles. The molecule has 0 amide bonds. The fraction of sp³-hybridized carbons (Fsp3) is 0.667. The zero-order valence-corrected chi connectivity index (χ0v) is 11.5. The van der Waals surface area contributed by atoms with Crippen molar-refractivity contribution in [1.29, 1.82) is 0 Å². The van der Waals surface area contributed by atoms with Crippen molar-refractivity contribution in [1.82, 2.24) is 9.78 Å². The maximum Gasteiger partial charge on any atom is 0.213 e. The number of rotatable bonds is 3. The lowest BCUT2D eigenvalue weighted by atomic mass is 9.81. The number of aromatic nitrogens is 2. The lowest BCUT2D eigenvalue weighted by Gasteiger charge is -2.30. The molecule has 1 saturated carbocycles. The average Bonchev–Trinajstić information content (AvgIpc) is 2.70. The average molecular weight is 301 g/mol. The Kier molecular flexibility index (Phi) is 3.68. The summed E-state index contributed by atoms with van der Waals surface area (Å²) in [5, 5.41) is 14.6. The van der Waals surface area contributed by atoms with Crippen LogP contribution in [0, 0.1) is 0 Å². The molecule has 0 aliphatic heterocycles. The molecule has 0 aromatic carbocycles. The summed E-state index contributed by atoms with van der Waals surface area (Å²) < 4.78 is 2.31. The van der Waals surface area contributed by atoms with Crippen molar-refractivity contribution >= 4 is 21.7 Å². The molecule has 17 heavy (non-hydrogen) atoms. The first kappa shape index (κ1) is 12.8. The maximum absolute atomic E-state index is 12.4. The van der Waals surface area contributed by atoms with Gasteiger partial charge in [0.05, 0.1) is 10.7 Å². The van der Waals surface area contributed by atoms with Gasteiger partial charge in [0.15, 0.2) is 0 Å². The quantitative estimate of drug-likeness (QED) is 0.873. The molecule has 5 heteroatoms. The SMILES string of the molecule is CCn1ncc(Br)c1C(=O)C1(O)CCCCC1. The van der Waals surface area contributed by atoms with E-state index in [0.29, 0.717) is 29.6 Å². The van der Waals surface area contributed by atoms with Gasteiger partial charge in [0.2, 0.25) is 5.78 Å². The zero-order chi connectivity index (χ0) is 12.5. The zero-order valence-electron chi connectivity index (χ0n) is 9.95. The third kappa shape index (κ3) is 2.31. The van der Waals surface area contributed by atoms with Gasteiger partial charge in [-0.2, -0.15) is 5.10 Å². The van der Waals surface area contributed by atoms with Gasteiger partial charge in [0.1, 0.15) is 11.3 Å². The number of aliphatic hydroxyl groups is 1. The maximum atomic E-state index is 12.4. The van der Waals surface area contributed by atoms with Crippen LogP contribution >= 0.6 is 15.9 Å². The van der Waals surface area contributed by atoms with Crippen LogP contribution in [0.1, 0.15) is 49.5 Å². The van der Waals surface area contributed by atoms with Crippen molar-refractivity contribution in [2.24, 2.45) is 0 Å². The fourth-order valence-corrected chi connectivity index (χ4v) is 2.89. The molecule has 1 aromatic heterocycles. The molecule has 1 aliphatic rings. The molecule has 1 N–H and O–H groups in total. The van der Waals surface area contributed by atoms with Crippen molar-refractivity contribution in [2.45, 2.75) is 51.2 Å². The molecule has 0 unspecified atom stereocenters. The van der Waals surface area contributed by atoms with E-state index in [4.69, 9.17) is 0 Å². The molecule has 2 rings (SSSR count). The lowest BCUT2D eigenvalue weighted by molar-refractivity contribution is 0.0106. The molecule has 0 saturated heterocycles. The summed E-state index contributed by atoms with van der Waals surface area (Å²) in [7, 11) is 0. The molecule has 0 spiro atoms. The minimum atomic E-state index is -1.19. The highest BCUT2D eigenvalue weighted by atomic mass is 79.9. The summed E-state index contributed by atoms with van der Waals surface area (Å²) in [6.45, 7) is 2.56. The third-order valence-corrected chi connectivity index (χ3v) is 3.99. The van der Waals surface area contributed by atoms with E-state index in [9.17, 15) is 9.90 Å². The first-order valence-corrected chi connectivity index (χ1v) is 6.86. The lowest BCUT2D eigenvalue weighted by Crippen LogP contribution is -2.41. The van der Waals surface area contributed by atoms with Crippen LogP contribution < -0.4 is 0 Å². The van der Waals surface area contributed by atoms with Gasteiger partial charge in [-0.1, -0.05) is 19.3 Å². The van der Waals surface area contributed by atoms with E-state index in [2.05, 4.69) is 21.0 Å². The van der Waals surface area contributed by atoms with E-state index in [1.165, 1.54) is 0 Å². The minimum Gasteiger partial charge on any atom is -0.382 e. The molecule has 1 aromatic rings. The van der Waals surface area contributed by atoms with Crippen LogP contribution in [0.4, 0.5) is 0 Å². The number of aryl methyl sites for hydroxylation is 1. The first-order chi connectivity index (χ1) is 8.08. The van der Waals surface area contributed by atoms with Crippen LogP contribution in [0.2, 0.25) is 0 Å². The number of nitrogens with zero attached hydrogens (tertiary/aromatic N) is 2. The number of Topliss-reactive ketones (excluding diaryl/α,β-unsaturated/α-hetero) is 1. The minimum absolute atomic E-state index is 0.191. The first-order valence-electron chi connectivity index (χ1n) is 6.07. The highest BCUT2D eigenvalue weighted by molar-refractivity contribution is 9.10. The number of hydrogen-bond donors (Lipinski definition) is 1. The van der Waals surface area contributed by atoms with Crippen molar-refractivity contribution in [3.8, 4) is 0 Å². The summed E-state index contributed by atoms with van der Waals surface area (Å²) in [6, 6.07) is 0. The molecule has 0 atom stereocenters. The van der Waals surface area contributed by atoms with Crippen molar-refractivity contribution in [3.63, 3.8) is 0 Å². The van der Waals surface area contributed by atoms with E-state index in [1.807, 2.05) is 6.92 Å². The number of ketones is 1. The van der Waals surface area contributed by atoms with Crippen molar-refractivity contribution in [3.05, 3.63) is 16.4 Å². The Morgan fingerprint density at radius 2 is 2.18 bits per heavy atom. The molecule has 0 radical (unpaired) electrons. The number of halogens is 1. The van der Waals surface area contributed by atoms with Gasteiger partial charge in [-0.25, -0.2) is 0 Å². The van der Waals surface area contributed by atoms with Crippen LogP contribution in [0.25, 0.3) is 0 Å². The van der Waals surface area contributed by atoms with E-state index in [1.54, 1.807) is 10.9 Å². The van der Waals surface area contributed by atoms with Gasteiger partial charge >= 0.3 is 0 Å².